The predicted molar refractivity (Wildman–Crippen MR) is 112 cm³/mol. The van der Waals surface area contributed by atoms with E-state index in [1.807, 2.05) is 24.3 Å². The third-order valence-electron chi connectivity index (χ3n) is 4.71. The van der Waals surface area contributed by atoms with Crippen molar-refractivity contribution < 1.29 is 22.3 Å². The molecule has 0 aliphatic carbocycles. The van der Waals surface area contributed by atoms with E-state index in [1.165, 1.54) is 23.8 Å². The van der Waals surface area contributed by atoms with Crippen LogP contribution < -0.4 is 14.8 Å². The van der Waals surface area contributed by atoms with Gasteiger partial charge in [-0.05, 0) is 47.2 Å². The summed E-state index contributed by atoms with van der Waals surface area (Å²) in [4.78, 5) is 12.0. The summed E-state index contributed by atoms with van der Waals surface area (Å²) in [6, 6.07) is 11.7. The summed E-state index contributed by atoms with van der Waals surface area (Å²) < 4.78 is 43.9. The van der Waals surface area contributed by atoms with Gasteiger partial charge in [0.05, 0.1) is 11.9 Å². The van der Waals surface area contributed by atoms with Crippen LogP contribution in [0.4, 0.5) is 10.1 Å². The molecule has 29 heavy (non-hydrogen) atoms. The van der Waals surface area contributed by atoms with Gasteiger partial charge in [0.25, 0.3) is 5.91 Å². The summed E-state index contributed by atoms with van der Waals surface area (Å²) in [6.07, 6.45) is 1.96. The highest BCUT2D eigenvalue weighted by atomic mass is 32.2. The van der Waals surface area contributed by atoms with Crippen molar-refractivity contribution in [2.24, 2.45) is 0 Å². The van der Waals surface area contributed by atoms with Crippen LogP contribution in [0.25, 0.3) is 0 Å². The van der Waals surface area contributed by atoms with E-state index in [4.69, 9.17) is 4.74 Å². The number of carbonyl (C=O) groups is 1. The van der Waals surface area contributed by atoms with Crippen LogP contribution in [-0.2, 0) is 26.8 Å². The molecule has 0 saturated carbocycles. The van der Waals surface area contributed by atoms with Crippen LogP contribution >= 0.6 is 0 Å². The molecule has 6 nitrogen and oxygen atoms in total. The first-order valence-electron chi connectivity index (χ1n) is 9.26. The van der Waals surface area contributed by atoms with Crippen LogP contribution in [0.3, 0.4) is 0 Å². The zero-order valence-corrected chi connectivity index (χ0v) is 17.9. The molecule has 2 aromatic rings. The zero-order valence-electron chi connectivity index (χ0n) is 17.1. The van der Waals surface area contributed by atoms with E-state index in [-0.39, 0.29) is 30.2 Å². The SMILES string of the molecule is CCC(C)(C)c1ccc(OCC(=O)NCc2ccc(NS(C)(=O)=O)c(F)c2)cc1. The lowest BCUT2D eigenvalue weighted by molar-refractivity contribution is -0.123. The fourth-order valence-corrected chi connectivity index (χ4v) is 3.12. The second kappa shape index (κ2) is 9.26. The standard InChI is InChI=1S/C21H27FN2O4S/c1-5-21(2,3)16-7-9-17(10-8-16)28-14-20(25)23-13-15-6-11-19(18(22)12-15)24-29(4,26)27/h6-12,24H,5,13-14H2,1-4H3,(H,23,25). The van der Waals surface area contributed by atoms with Crippen molar-refractivity contribution in [3.8, 4) is 5.75 Å². The molecule has 0 atom stereocenters. The van der Waals surface area contributed by atoms with E-state index < -0.39 is 15.8 Å². The Morgan fingerprint density at radius 2 is 1.79 bits per heavy atom. The van der Waals surface area contributed by atoms with Gasteiger partial charge in [-0.25, -0.2) is 12.8 Å². The molecule has 0 heterocycles. The number of amides is 1. The van der Waals surface area contributed by atoms with Crippen molar-refractivity contribution in [1.29, 1.82) is 0 Å². The molecule has 2 rings (SSSR count). The minimum Gasteiger partial charge on any atom is -0.484 e. The van der Waals surface area contributed by atoms with E-state index in [1.54, 1.807) is 0 Å². The zero-order chi connectivity index (χ0) is 21.7. The van der Waals surface area contributed by atoms with Crippen LogP contribution in [-0.4, -0.2) is 27.2 Å². The summed E-state index contributed by atoms with van der Waals surface area (Å²) in [6.45, 7) is 6.41. The minimum atomic E-state index is -3.56. The first-order chi connectivity index (χ1) is 13.5. The Labute approximate surface area is 171 Å². The van der Waals surface area contributed by atoms with Gasteiger partial charge < -0.3 is 10.1 Å². The lowest BCUT2D eigenvalue weighted by Crippen LogP contribution is -2.28. The summed E-state index contributed by atoms with van der Waals surface area (Å²) >= 11 is 0. The molecule has 0 unspecified atom stereocenters. The number of benzene rings is 2. The van der Waals surface area contributed by atoms with Gasteiger partial charge in [0.2, 0.25) is 10.0 Å². The number of sulfonamides is 1. The molecule has 0 radical (unpaired) electrons. The van der Waals surface area contributed by atoms with Crippen molar-refractivity contribution in [3.63, 3.8) is 0 Å². The van der Waals surface area contributed by atoms with Crippen LogP contribution in [0.15, 0.2) is 42.5 Å². The normalized spacial score (nSPS) is 11.8. The van der Waals surface area contributed by atoms with Crippen LogP contribution in [0.1, 0.15) is 38.3 Å². The highest BCUT2D eigenvalue weighted by molar-refractivity contribution is 7.92. The van der Waals surface area contributed by atoms with E-state index in [0.717, 1.165) is 12.7 Å². The minimum absolute atomic E-state index is 0.0809. The lowest BCUT2D eigenvalue weighted by atomic mass is 9.82. The average molecular weight is 423 g/mol. The molecular weight excluding hydrogens is 395 g/mol. The van der Waals surface area contributed by atoms with Crippen LogP contribution in [0, 0.1) is 5.82 Å². The molecule has 2 N–H and O–H groups in total. The fourth-order valence-electron chi connectivity index (χ4n) is 2.56. The monoisotopic (exact) mass is 422 g/mol. The van der Waals surface area contributed by atoms with Crippen molar-refractivity contribution in [2.45, 2.75) is 39.2 Å². The Morgan fingerprint density at radius 1 is 1.14 bits per heavy atom. The molecule has 0 aromatic heterocycles. The van der Waals surface area contributed by atoms with E-state index >= 15 is 0 Å². The van der Waals surface area contributed by atoms with Gasteiger partial charge >= 0.3 is 0 Å². The molecule has 2 aromatic carbocycles. The fraction of sp³-hybridized carbons (Fsp3) is 0.381. The van der Waals surface area contributed by atoms with Gasteiger partial charge in [-0.2, -0.15) is 0 Å². The molecule has 0 aliphatic heterocycles. The topological polar surface area (TPSA) is 84.5 Å². The number of anilines is 1. The summed E-state index contributed by atoms with van der Waals surface area (Å²) in [5.41, 5.74) is 1.65. The largest absolute Gasteiger partial charge is 0.484 e. The number of ether oxygens (including phenoxy) is 1. The lowest BCUT2D eigenvalue weighted by Gasteiger charge is -2.23. The smallest absolute Gasteiger partial charge is 0.258 e. The van der Waals surface area contributed by atoms with E-state index in [9.17, 15) is 17.6 Å². The average Bonchev–Trinajstić information content (AvgIpc) is 2.66. The number of hydrogen-bond acceptors (Lipinski definition) is 4. The van der Waals surface area contributed by atoms with Gasteiger partial charge in [0.15, 0.2) is 6.61 Å². The number of halogens is 1. The Kier molecular flexibility index (Phi) is 7.24. The summed E-state index contributed by atoms with van der Waals surface area (Å²) in [7, 11) is -3.56. The van der Waals surface area contributed by atoms with E-state index in [0.29, 0.717) is 11.3 Å². The van der Waals surface area contributed by atoms with Gasteiger partial charge in [-0.15, -0.1) is 0 Å². The maximum atomic E-state index is 14.0. The first kappa shape index (κ1) is 22.7. The number of nitrogens with one attached hydrogen (secondary N) is 2. The van der Waals surface area contributed by atoms with Crippen molar-refractivity contribution in [1.82, 2.24) is 5.32 Å². The Morgan fingerprint density at radius 3 is 2.34 bits per heavy atom. The first-order valence-corrected chi connectivity index (χ1v) is 11.2. The maximum absolute atomic E-state index is 14.0. The van der Waals surface area contributed by atoms with Gasteiger partial charge in [-0.1, -0.05) is 39.0 Å². The summed E-state index contributed by atoms with van der Waals surface area (Å²) in [5, 5.41) is 2.64. The Bertz CT molecular complexity index is 957. The summed E-state index contributed by atoms with van der Waals surface area (Å²) in [5.74, 6) is -0.465. The third kappa shape index (κ3) is 7.05. The van der Waals surface area contributed by atoms with Gasteiger partial charge in [0, 0.05) is 6.54 Å². The number of carbonyl (C=O) groups excluding carboxylic acids is 1. The molecule has 0 bridgehead atoms. The van der Waals surface area contributed by atoms with Gasteiger partial charge in [0.1, 0.15) is 11.6 Å². The van der Waals surface area contributed by atoms with Crippen molar-refractivity contribution in [3.05, 3.63) is 59.4 Å². The Hall–Kier alpha value is -2.61. The predicted octanol–water partition coefficient (Wildman–Crippen LogP) is 3.58. The van der Waals surface area contributed by atoms with Crippen molar-refractivity contribution >= 4 is 21.6 Å². The molecular formula is C21H27FN2O4S. The van der Waals surface area contributed by atoms with Crippen LogP contribution in [0.2, 0.25) is 0 Å². The second-order valence-electron chi connectivity index (χ2n) is 7.52. The molecule has 0 saturated heterocycles. The highest BCUT2D eigenvalue weighted by Gasteiger charge is 2.17. The molecule has 8 heteroatoms. The molecule has 1 amide bonds. The second-order valence-corrected chi connectivity index (χ2v) is 9.26. The highest BCUT2D eigenvalue weighted by Crippen LogP contribution is 2.28. The van der Waals surface area contributed by atoms with Crippen molar-refractivity contribution in [2.75, 3.05) is 17.6 Å². The van der Waals surface area contributed by atoms with Gasteiger partial charge in [-0.3, -0.25) is 9.52 Å². The third-order valence-corrected chi connectivity index (χ3v) is 5.30. The quantitative estimate of drug-likeness (QED) is 0.647. The molecule has 0 fully saturated rings. The van der Waals surface area contributed by atoms with Crippen LogP contribution in [0.5, 0.6) is 5.75 Å². The number of hydrogen-bond donors (Lipinski definition) is 2. The molecule has 0 spiro atoms. The Balaban J connectivity index is 1.85. The number of rotatable bonds is 9. The maximum Gasteiger partial charge on any atom is 0.258 e. The molecule has 0 aliphatic rings. The van der Waals surface area contributed by atoms with E-state index in [2.05, 4.69) is 30.8 Å². The molecule has 158 valence electrons.